The number of hydrogen-bond donors (Lipinski definition) is 1. The SMILES string of the molecule is CCOC(=O)Oc1ccc(C(=O)Nc2cccc(-c3csc(-c4ccccc4Cl)n3)c2)cc1. The molecule has 6 nitrogen and oxygen atoms in total. The van der Waals surface area contributed by atoms with Crippen LogP contribution in [0.3, 0.4) is 0 Å². The van der Waals surface area contributed by atoms with Crippen LogP contribution < -0.4 is 10.1 Å². The van der Waals surface area contributed by atoms with Gasteiger partial charge in [-0.05, 0) is 49.4 Å². The molecule has 0 aliphatic heterocycles. The van der Waals surface area contributed by atoms with Gasteiger partial charge in [0, 0.05) is 27.8 Å². The summed E-state index contributed by atoms with van der Waals surface area (Å²) in [6, 6.07) is 21.3. The Morgan fingerprint density at radius 3 is 2.58 bits per heavy atom. The van der Waals surface area contributed by atoms with E-state index in [0.717, 1.165) is 21.8 Å². The summed E-state index contributed by atoms with van der Waals surface area (Å²) in [4.78, 5) is 28.7. The van der Waals surface area contributed by atoms with E-state index in [0.29, 0.717) is 22.0 Å². The normalized spacial score (nSPS) is 10.5. The summed E-state index contributed by atoms with van der Waals surface area (Å²) in [6.45, 7) is 1.91. The number of amides is 1. The fourth-order valence-corrected chi connectivity index (χ4v) is 4.19. The lowest BCUT2D eigenvalue weighted by Crippen LogP contribution is -2.12. The van der Waals surface area contributed by atoms with E-state index >= 15 is 0 Å². The topological polar surface area (TPSA) is 77.5 Å². The summed E-state index contributed by atoms with van der Waals surface area (Å²) >= 11 is 7.80. The lowest BCUT2D eigenvalue weighted by molar-refractivity contribution is 0.102. The Labute approximate surface area is 199 Å². The first-order chi connectivity index (χ1) is 16.0. The third-order valence-electron chi connectivity index (χ3n) is 4.60. The molecule has 166 valence electrons. The third-order valence-corrected chi connectivity index (χ3v) is 5.81. The van der Waals surface area contributed by atoms with Crippen molar-refractivity contribution in [2.24, 2.45) is 0 Å². The van der Waals surface area contributed by atoms with Gasteiger partial charge in [-0.25, -0.2) is 9.78 Å². The van der Waals surface area contributed by atoms with Crippen LogP contribution in [0.15, 0.2) is 78.2 Å². The van der Waals surface area contributed by atoms with Crippen LogP contribution in [-0.4, -0.2) is 23.7 Å². The quantitative estimate of drug-likeness (QED) is 0.240. The van der Waals surface area contributed by atoms with E-state index in [1.165, 1.54) is 23.5 Å². The largest absolute Gasteiger partial charge is 0.513 e. The molecule has 8 heteroatoms. The molecule has 0 atom stereocenters. The zero-order chi connectivity index (χ0) is 23.2. The molecule has 1 heterocycles. The van der Waals surface area contributed by atoms with Crippen LogP contribution in [0.2, 0.25) is 5.02 Å². The average molecular weight is 479 g/mol. The first-order valence-electron chi connectivity index (χ1n) is 10.1. The van der Waals surface area contributed by atoms with Crippen molar-refractivity contribution in [2.45, 2.75) is 6.92 Å². The minimum atomic E-state index is -0.786. The number of carbonyl (C=O) groups excluding carboxylic acids is 2. The van der Waals surface area contributed by atoms with Gasteiger partial charge in [0.2, 0.25) is 0 Å². The maximum Gasteiger partial charge on any atom is 0.513 e. The number of thiazole rings is 1. The van der Waals surface area contributed by atoms with Crippen molar-refractivity contribution in [1.29, 1.82) is 0 Å². The highest BCUT2D eigenvalue weighted by Gasteiger charge is 2.12. The minimum absolute atomic E-state index is 0.223. The monoisotopic (exact) mass is 478 g/mol. The summed E-state index contributed by atoms with van der Waals surface area (Å²) in [7, 11) is 0. The second-order valence-corrected chi connectivity index (χ2v) is 8.13. The van der Waals surface area contributed by atoms with Crippen LogP contribution in [-0.2, 0) is 4.74 Å². The van der Waals surface area contributed by atoms with Gasteiger partial charge in [0.1, 0.15) is 10.8 Å². The first-order valence-corrected chi connectivity index (χ1v) is 11.4. The molecule has 0 fully saturated rings. The Hall–Kier alpha value is -3.68. The Kier molecular flexibility index (Phi) is 7.02. The fraction of sp³-hybridized carbons (Fsp3) is 0.0800. The molecule has 0 saturated heterocycles. The number of halogens is 1. The van der Waals surface area contributed by atoms with Gasteiger partial charge in [0.25, 0.3) is 5.91 Å². The van der Waals surface area contributed by atoms with Gasteiger partial charge in [-0.2, -0.15) is 0 Å². The van der Waals surface area contributed by atoms with Crippen molar-refractivity contribution in [2.75, 3.05) is 11.9 Å². The lowest BCUT2D eigenvalue weighted by atomic mass is 10.1. The summed E-state index contributed by atoms with van der Waals surface area (Å²) in [5, 5.41) is 6.32. The maximum absolute atomic E-state index is 12.7. The highest BCUT2D eigenvalue weighted by atomic mass is 35.5. The van der Waals surface area contributed by atoms with Crippen molar-refractivity contribution >= 4 is 40.7 Å². The number of rotatable bonds is 6. The van der Waals surface area contributed by atoms with E-state index in [2.05, 4.69) is 5.32 Å². The Balaban J connectivity index is 1.46. The summed E-state index contributed by atoms with van der Waals surface area (Å²) in [6.07, 6.45) is -0.786. The minimum Gasteiger partial charge on any atom is -0.434 e. The number of carbonyl (C=O) groups is 2. The van der Waals surface area contributed by atoms with Gasteiger partial charge >= 0.3 is 6.16 Å². The van der Waals surface area contributed by atoms with Crippen LogP contribution in [0.25, 0.3) is 21.8 Å². The number of aromatic nitrogens is 1. The van der Waals surface area contributed by atoms with Crippen LogP contribution in [0.5, 0.6) is 5.75 Å². The predicted octanol–water partition coefficient (Wildman–Crippen LogP) is 6.92. The second-order valence-electron chi connectivity index (χ2n) is 6.86. The molecule has 0 aliphatic carbocycles. The van der Waals surface area contributed by atoms with Crippen molar-refractivity contribution in [3.63, 3.8) is 0 Å². The van der Waals surface area contributed by atoms with Gasteiger partial charge < -0.3 is 14.8 Å². The fourth-order valence-electron chi connectivity index (χ4n) is 3.04. The highest BCUT2D eigenvalue weighted by Crippen LogP contribution is 2.33. The molecule has 0 saturated carbocycles. The van der Waals surface area contributed by atoms with E-state index in [1.807, 2.05) is 47.8 Å². The maximum atomic E-state index is 12.7. The molecule has 1 amide bonds. The molecule has 4 aromatic rings. The molecule has 3 aromatic carbocycles. The number of benzene rings is 3. The smallest absolute Gasteiger partial charge is 0.434 e. The Morgan fingerprint density at radius 1 is 1.03 bits per heavy atom. The van der Waals surface area contributed by atoms with Gasteiger partial charge in [0.15, 0.2) is 0 Å². The second kappa shape index (κ2) is 10.3. The number of nitrogens with one attached hydrogen (secondary N) is 1. The standard InChI is InChI=1S/C25H19ClN2O4S/c1-2-31-25(30)32-19-12-10-16(11-13-19)23(29)27-18-7-5-6-17(14-18)22-15-33-24(28-22)20-8-3-4-9-21(20)26/h3-15H,2H2,1H3,(H,27,29). The van der Waals surface area contributed by atoms with E-state index < -0.39 is 6.16 Å². The Bertz CT molecular complexity index is 1290. The van der Waals surface area contributed by atoms with E-state index in [1.54, 1.807) is 25.1 Å². The summed E-state index contributed by atoms with van der Waals surface area (Å²) < 4.78 is 9.74. The molecule has 0 bridgehead atoms. The van der Waals surface area contributed by atoms with Gasteiger partial charge in [-0.15, -0.1) is 11.3 Å². The molecule has 0 spiro atoms. The van der Waals surface area contributed by atoms with Crippen LogP contribution in [0.1, 0.15) is 17.3 Å². The van der Waals surface area contributed by atoms with Gasteiger partial charge in [0.05, 0.1) is 17.3 Å². The van der Waals surface area contributed by atoms with Crippen molar-refractivity contribution in [3.8, 4) is 27.6 Å². The molecule has 0 aliphatic rings. The van der Waals surface area contributed by atoms with Crippen LogP contribution >= 0.6 is 22.9 Å². The van der Waals surface area contributed by atoms with Gasteiger partial charge in [-0.3, -0.25) is 4.79 Å². The molecule has 1 N–H and O–H groups in total. The van der Waals surface area contributed by atoms with Crippen LogP contribution in [0.4, 0.5) is 10.5 Å². The molecule has 0 radical (unpaired) electrons. The third kappa shape index (κ3) is 5.58. The Morgan fingerprint density at radius 2 is 1.82 bits per heavy atom. The number of nitrogens with zero attached hydrogens (tertiary/aromatic N) is 1. The zero-order valence-electron chi connectivity index (χ0n) is 17.6. The van der Waals surface area contributed by atoms with Crippen LogP contribution in [0, 0.1) is 0 Å². The molecule has 33 heavy (non-hydrogen) atoms. The first kappa shape index (κ1) is 22.5. The van der Waals surface area contributed by atoms with Gasteiger partial charge in [-0.1, -0.05) is 41.9 Å². The highest BCUT2D eigenvalue weighted by molar-refractivity contribution is 7.13. The lowest BCUT2D eigenvalue weighted by Gasteiger charge is -2.08. The summed E-state index contributed by atoms with van der Waals surface area (Å²) in [5.41, 5.74) is 3.62. The zero-order valence-corrected chi connectivity index (χ0v) is 19.2. The number of hydrogen-bond acceptors (Lipinski definition) is 6. The summed E-state index contributed by atoms with van der Waals surface area (Å²) in [5.74, 6) is 0.00900. The molecular formula is C25H19ClN2O4S. The van der Waals surface area contributed by atoms with E-state index in [-0.39, 0.29) is 12.5 Å². The number of ether oxygens (including phenoxy) is 2. The molecule has 4 rings (SSSR count). The number of anilines is 1. The van der Waals surface area contributed by atoms with Crippen molar-refractivity contribution in [1.82, 2.24) is 4.98 Å². The molecular weight excluding hydrogens is 460 g/mol. The van der Waals surface area contributed by atoms with Crippen molar-refractivity contribution < 1.29 is 19.1 Å². The van der Waals surface area contributed by atoms with E-state index in [9.17, 15) is 9.59 Å². The predicted molar refractivity (Wildman–Crippen MR) is 130 cm³/mol. The average Bonchev–Trinajstić information content (AvgIpc) is 3.30. The molecule has 0 unspecified atom stereocenters. The van der Waals surface area contributed by atoms with Crippen molar-refractivity contribution in [3.05, 3.63) is 88.8 Å². The van der Waals surface area contributed by atoms with E-state index in [4.69, 9.17) is 26.1 Å². The molecule has 1 aromatic heterocycles.